The Kier molecular flexibility index (Phi) is 6.69. The first kappa shape index (κ1) is 17.2. The van der Waals surface area contributed by atoms with Gasteiger partial charge < -0.3 is 5.32 Å². The van der Waals surface area contributed by atoms with Crippen LogP contribution in [0.25, 0.3) is 0 Å². The molecule has 0 aromatic heterocycles. The molecule has 0 amide bonds. The number of hydrogen-bond acceptors (Lipinski definition) is 3. The maximum atomic E-state index is 12.2. The number of benzene rings is 1. The molecule has 0 saturated carbocycles. The van der Waals surface area contributed by atoms with Gasteiger partial charge in [0.2, 0.25) is 0 Å². The predicted octanol–water partition coefficient (Wildman–Crippen LogP) is 3.36. The SMILES string of the molecule is CCNC(C)CCCS(=O)(=O)c1ccc(C(C)C)cc1. The van der Waals surface area contributed by atoms with E-state index in [4.69, 9.17) is 0 Å². The summed E-state index contributed by atoms with van der Waals surface area (Å²) in [5.74, 6) is 0.650. The van der Waals surface area contributed by atoms with Crippen molar-refractivity contribution < 1.29 is 8.42 Å². The molecule has 3 nitrogen and oxygen atoms in total. The van der Waals surface area contributed by atoms with Crippen LogP contribution in [0.5, 0.6) is 0 Å². The van der Waals surface area contributed by atoms with E-state index in [1.807, 2.05) is 12.1 Å². The Balaban J connectivity index is 2.60. The lowest BCUT2D eigenvalue weighted by Gasteiger charge is -2.12. The third kappa shape index (κ3) is 5.25. The van der Waals surface area contributed by atoms with Gasteiger partial charge in [-0.25, -0.2) is 8.42 Å². The van der Waals surface area contributed by atoms with Gasteiger partial charge in [0.25, 0.3) is 0 Å². The van der Waals surface area contributed by atoms with Gasteiger partial charge in [0.1, 0.15) is 0 Å². The van der Waals surface area contributed by atoms with Crippen LogP contribution >= 0.6 is 0 Å². The van der Waals surface area contributed by atoms with E-state index in [2.05, 4.69) is 33.0 Å². The van der Waals surface area contributed by atoms with Gasteiger partial charge in [-0.15, -0.1) is 0 Å². The molecular formula is C16H27NO2S. The quantitative estimate of drug-likeness (QED) is 0.800. The molecule has 0 heterocycles. The minimum Gasteiger partial charge on any atom is -0.315 e. The van der Waals surface area contributed by atoms with Crippen molar-refractivity contribution in [3.8, 4) is 0 Å². The Morgan fingerprint density at radius 3 is 2.20 bits per heavy atom. The van der Waals surface area contributed by atoms with Crippen LogP contribution in [0.15, 0.2) is 29.2 Å². The summed E-state index contributed by atoms with van der Waals surface area (Å²) in [6.07, 6.45) is 1.58. The second-order valence-corrected chi connectivity index (χ2v) is 7.75. The van der Waals surface area contributed by atoms with Crippen molar-refractivity contribution in [2.75, 3.05) is 12.3 Å². The number of sulfone groups is 1. The summed E-state index contributed by atoms with van der Waals surface area (Å²) in [6, 6.07) is 7.67. The number of rotatable bonds is 8. The summed E-state index contributed by atoms with van der Waals surface area (Å²) < 4.78 is 24.5. The monoisotopic (exact) mass is 297 g/mol. The second-order valence-electron chi connectivity index (χ2n) is 5.64. The van der Waals surface area contributed by atoms with E-state index >= 15 is 0 Å². The highest BCUT2D eigenvalue weighted by molar-refractivity contribution is 7.91. The molecule has 1 N–H and O–H groups in total. The van der Waals surface area contributed by atoms with Crippen LogP contribution in [0.4, 0.5) is 0 Å². The highest BCUT2D eigenvalue weighted by Crippen LogP contribution is 2.19. The van der Waals surface area contributed by atoms with Crippen LogP contribution in [-0.2, 0) is 9.84 Å². The van der Waals surface area contributed by atoms with Crippen LogP contribution in [0.3, 0.4) is 0 Å². The smallest absolute Gasteiger partial charge is 0.178 e. The highest BCUT2D eigenvalue weighted by atomic mass is 32.2. The van der Waals surface area contributed by atoms with Gasteiger partial charge in [0.05, 0.1) is 10.6 Å². The summed E-state index contributed by atoms with van der Waals surface area (Å²) in [6.45, 7) is 9.28. The van der Waals surface area contributed by atoms with Crippen molar-refractivity contribution >= 4 is 9.84 Å². The molecular weight excluding hydrogens is 270 g/mol. The first-order valence-electron chi connectivity index (χ1n) is 7.43. The minimum atomic E-state index is -3.14. The van der Waals surface area contributed by atoms with Gasteiger partial charge in [-0.1, -0.05) is 32.9 Å². The second kappa shape index (κ2) is 7.79. The Morgan fingerprint density at radius 1 is 1.10 bits per heavy atom. The van der Waals surface area contributed by atoms with Gasteiger partial charge in [-0.3, -0.25) is 0 Å². The number of nitrogens with one attached hydrogen (secondary N) is 1. The van der Waals surface area contributed by atoms with Crippen LogP contribution in [0, 0.1) is 0 Å². The molecule has 0 fully saturated rings. The van der Waals surface area contributed by atoms with Crippen molar-refractivity contribution in [2.24, 2.45) is 0 Å². The zero-order valence-electron chi connectivity index (χ0n) is 13.0. The average molecular weight is 297 g/mol. The van der Waals surface area contributed by atoms with E-state index in [9.17, 15) is 8.42 Å². The first-order valence-corrected chi connectivity index (χ1v) is 9.08. The van der Waals surface area contributed by atoms with E-state index in [-0.39, 0.29) is 5.75 Å². The van der Waals surface area contributed by atoms with Gasteiger partial charge in [-0.2, -0.15) is 0 Å². The molecule has 114 valence electrons. The summed E-state index contributed by atoms with van der Waals surface area (Å²) >= 11 is 0. The summed E-state index contributed by atoms with van der Waals surface area (Å²) in [7, 11) is -3.14. The molecule has 4 heteroatoms. The largest absolute Gasteiger partial charge is 0.315 e. The standard InChI is InChI=1S/C16H27NO2S/c1-5-17-14(4)7-6-12-20(18,19)16-10-8-15(9-11-16)13(2)3/h8-11,13-14,17H,5-7,12H2,1-4H3. The maximum Gasteiger partial charge on any atom is 0.178 e. The molecule has 0 saturated heterocycles. The molecule has 20 heavy (non-hydrogen) atoms. The van der Waals surface area contributed by atoms with E-state index in [0.29, 0.717) is 23.3 Å². The molecule has 0 aliphatic heterocycles. The summed E-state index contributed by atoms with van der Waals surface area (Å²) in [5, 5.41) is 3.30. The van der Waals surface area contributed by atoms with Crippen molar-refractivity contribution in [1.29, 1.82) is 0 Å². The topological polar surface area (TPSA) is 46.2 Å². The molecule has 0 radical (unpaired) electrons. The average Bonchev–Trinajstić information content (AvgIpc) is 2.39. The fourth-order valence-electron chi connectivity index (χ4n) is 2.21. The molecule has 1 atom stereocenters. The third-order valence-corrected chi connectivity index (χ3v) is 5.33. The lowest BCUT2D eigenvalue weighted by atomic mass is 10.0. The summed E-state index contributed by atoms with van der Waals surface area (Å²) in [4.78, 5) is 0.443. The lowest BCUT2D eigenvalue weighted by molar-refractivity contribution is 0.521. The zero-order chi connectivity index (χ0) is 15.2. The zero-order valence-corrected chi connectivity index (χ0v) is 13.8. The molecule has 1 rings (SSSR count). The number of hydrogen-bond donors (Lipinski definition) is 1. The molecule has 0 aliphatic carbocycles. The molecule has 0 spiro atoms. The molecule has 0 bridgehead atoms. The fraction of sp³-hybridized carbons (Fsp3) is 0.625. The highest BCUT2D eigenvalue weighted by Gasteiger charge is 2.15. The van der Waals surface area contributed by atoms with Crippen LogP contribution in [0.2, 0.25) is 0 Å². The minimum absolute atomic E-state index is 0.226. The van der Waals surface area contributed by atoms with E-state index in [1.165, 1.54) is 5.56 Å². The Morgan fingerprint density at radius 2 is 1.70 bits per heavy atom. The van der Waals surface area contributed by atoms with Crippen molar-refractivity contribution in [3.05, 3.63) is 29.8 Å². The molecule has 1 unspecified atom stereocenters. The van der Waals surface area contributed by atoms with Crippen molar-refractivity contribution in [3.63, 3.8) is 0 Å². The summed E-state index contributed by atoms with van der Waals surface area (Å²) in [5.41, 5.74) is 1.17. The van der Waals surface area contributed by atoms with E-state index < -0.39 is 9.84 Å². The Hall–Kier alpha value is -0.870. The van der Waals surface area contributed by atoms with E-state index in [1.54, 1.807) is 12.1 Å². The lowest BCUT2D eigenvalue weighted by Crippen LogP contribution is -2.26. The van der Waals surface area contributed by atoms with Crippen LogP contribution in [0.1, 0.15) is 52.0 Å². The van der Waals surface area contributed by atoms with Gasteiger partial charge in [0.15, 0.2) is 9.84 Å². The van der Waals surface area contributed by atoms with Gasteiger partial charge in [0, 0.05) is 6.04 Å². The molecule has 1 aromatic carbocycles. The molecule has 0 aliphatic rings. The van der Waals surface area contributed by atoms with Crippen LogP contribution < -0.4 is 5.32 Å². The van der Waals surface area contributed by atoms with Crippen molar-refractivity contribution in [1.82, 2.24) is 5.32 Å². The third-order valence-electron chi connectivity index (χ3n) is 3.51. The fourth-order valence-corrected chi connectivity index (χ4v) is 3.54. The first-order chi connectivity index (χ1) is 9.36. The predicted molar refractivity (Wildman–Crippen MR) is 85.0 cm³/mol. The van der Waals surface area contributed by atoms with Crippen molar-refractivity contribution in [2.45, 2.75) is 57.4 Å². The Labute approximate surface area is 123 Å². The van der Waals surface area contributed by atoms with Gasteiger partial charge in [-0.05, 0) is 49.9 Å². The molecule has 1 aromatic rings. The Bertz CT molecular complexity index is 492. The van der Waals surface area contributed by atoms with Crippen LogP contribution in [-0.4, -0.2) is 26.8 Å². The van der Waals surface area contributed by atoms with E-state index in [0.717, 1.165) is 13.0 Å². The normalized spacial score (nSPS) is 13.7. The van der Waals surface area contributed by atoms with Gasteiger partial charge >= 0.3 is 0 Å². The maximum absolute atomic E-state index is 12.2.